The van der Waals surface area contributed by atoms with E-state index < -0.39 is 0 Å². The van der Waals surface area contributed by atoms with Crippen LogP contribution in [0.4, 0.5) is 0 Å². The van der Waals surface area contributed by atoms with Crippen molar-refractivity contribution in [1.29, 1.82) is 0 Å². The molecule has 0 N–H and O–H groups in total. The van der Waals surface area contributed by atoms with Gasteiger partial charge in [-0.05, 0) is 70.6 Å². The number of piperidine rings is 1. The molecule has 2 atom stereocenters. The highest BCUT2D eigenvalue weighted by Crippen LogP contribution is 2.32. The van der Waals surface area contributed by atoms with Crippen LogP contribution in [0.2, 0.25) is 0 Å². The van der Waals surface area contributed by atoms with Crippen LogP contribution in [0.5, 0.6) is 0 Å². The molecule has 0 aromatic carbocycles. The molecular formula is C16H32N2. The Hall–Kier alpha value is -0.0800. The van der Waals surface area contributed by atoms with Crippen LogP contribution < -0.4 is 0 Å². The third-order valence-corrected chi connectivity index (χ3v) is 5.28. The van der Waals surface area contributed by atoms with Crippen LogP contribution in [0.3, 0.4) is 0 Å². The predicted octanol–water partition coefficient (Wildman–Crippen LogP) is 3.08. The minimum absolute atomic E-state index is 0.823. The number of hydrogen-bond donors (Lipinski definition) is 0. The second kappa shape index (κ2) is 6.38. The van der Waals surface area contributed by atoms with Crippen molar-refractivity contribution in [3.63, 3.8) is 0 Å². The van der Waals surface area contributed by atoms with Gasteiger partial charge in [-0.1, -0.05) is 20.3 Å². The molecule has 2 nitrogen and oxygen atoms in total. The Kier molecular flexibility index (Phi) is 5.08. The van der Waals surface area contributed by atoms with E-state index in [0.29, 0.717) is 0 Å². The monoisotopic (exact) mass is 252 g/mol. The van der Waals surface area contributed by atoms with Crippen molar-refractivity contribution in [1.82, 2.24) is 9.80 Å². The molecule has 0 amide bonds. The lowest BCUT2D eigenvalue weighted by atomic mass is 9.87. The summed E-state index contributed by atoms with van der Waals surface area (Å²) >= 11 is 0. The molecule has 2 aliphatic heterocycles. The molecule has 2 fully saturated rings. The Morgan fingerprint density at radius 1 is 1.00 bits per heavy atom. The number of nitrogens with zero attached hydrogens (tertiary/aromatic N) is 2. The van der Waals surface area contributed by atoms with Gasteiger partial charge in [-0.25, -0.2) is 0 Å². The second-order valence-electron chi connectivity index (χ2n) is 7.18. The van der Waals surface area contributed by atoms with Crippen LogP contribution in [0.1, 0.15) is 46.0 Å². The molecule has 2 heterocycles. The van der Waals surface area contributed by atoms with Crippen molar-refractivity contribution in [2.24, 2.45) is 17.8 Å². The van der Waals surface area contributed by atoms with E-state index in [-0.39, 0.29) is 0 Å². The molecule has 0 aliphatic carbocycles. The van der Waals surface area contributed by atoms with Crippen LogP contribution >= 0.6 is 0 Å². The van der Waals surface area contributed by atoms with Crippen molar-refractivity contribution in [3.05, 3.63) is 0 Å². The Morgan fingerprint density at radius 3 is 2.17 bits per heavy atom. The minimum Gasteiger partial charge on any atom is -0.306 e. The van der Waals surface area contributed by atoms with Gasteiger partial charge in [0.25, 0.3) is 0 Å². The van der Waals surface area contributed by atoms with E-state index in [1.165, 1.54) is 51.7 Å². The summed E-state index contributed by atoms with van der Waals surface area (Å²) in [4.78, 5) is 5.08. The van der Waals surface area contributed by atoms with Crippen LogP contribution in [-0.2, 0) is 0 Å². The van der Waals surface area contributed by atoms with Crippen LogP contribution in [-0.4, -0.2) is 49.6 Å². The maximum Gasteiger partial charge on any atom is 0.0118 e. The highest BCUT2D eigenvalue weighted by atomic mass is 15.2. The fraction of sp³-hybridized carbons (Fsp3) is 1.00. The van der Waals surface area contributed by atoms with Gasteiger partial charge in [0.2, 0.25) is 0 Å². The summed E-state index contributed by atoms with van der Waals surface area (Å²) < 4.78 is 0. The predicted molar refractivity (Wildman–Crippen MR) is 78.8 cm³/mol. The molecular weight excluding hydrogens is 220 g/mol. The maximum atomic E-state index is 2.60. The smallest absolute Gasteiger partial charge is 0.0118 e. The molecule has 2 saturated heterocycles. The van der Waals surface area contributed by atoms with Crippen LogP contribution in [0.15, 0.2) is 0 Å². The lowest BCUT2D eigenvalue weighted by Crippen LogP contribution is -2.30. The van der Waals surface area contributed by atoms with Gasteiger partial charge in [-0.2, -0.15) is 0 Å². The zero-order valence-corrected chi connectivity index (χ0v) is 12.9. The minimum atomic E-state index is 0.823. The fourth-order valence-corrected chi connectivity index (χ4v) is 3.95. The average molecular weight is 252 g/mol. The summed E-state index contributed by atoms with van der Waals surface area (Å²) in [5, 5.41) is 0. The maximum absolute atomic E-state index is 2.60. The van der Waals surface area contributed by atoms with Gasteiger partial charge < -0.3 is 9.80 Å². The normalized spacial score (nSPS) is 32.5. The van der Waals surface area contributed by atoms with Gasteiger partial charge in [0, 0.05) is 12.6 Å². The van der Waals surface area contributed by atoms with Crippen LogP contribution in [0, 0.1) is 17.8 Å². The van der Waals surface area contributed by atoms with Gasteiger partial charge in [0.15, 0.2) is 0 Å². The second-order valence-corrected chi connectivity index (χ2v) is 7.18. The summed E-state index contributed by atoms with van der Waals surface area (Å²) in [5.41, 5.74) is 0. The summed E-state index contributed by atoms with van der Waals surface area (Å²) in [6, 6.07) is 0.840. The van der Waals surface area contributed by atoms with Crippen molar-refractivity contribution < 1.29 is 0 Å². The Labute approximate surface area is 114 Å². The zero-order chi connectivity index (χ0) is 13.1. The van der Waals surface area contributed by atoms with E-state index in [2.05, 4.69) is 37.7 Å². The van der Waals surface area contributed by atoms with E-state index >= 15 is 0 Å². The SMILES string of the molecule is CC(C)[C@H]1CC(CCC2CCN(C)CC2)CN1C. The molecule has 0 saturated carbocycles. The quantitative estimate of drug-likeness (QED) is 0.758. The van der Waals surface area contributed by atoms with E-state index in [9.17, 15) is 0 Å². The molecule has 0 aromatic rings. The first kappa shape index (κ1) is 14.3. The summed E-state index contributed by atoms with van der Waals surface area (Å²) in [5.74, 6) is 2.81. The molecule has 0 radical (unpaired) electrons. The van der Waals surface area contributed by atoms with Gasteiger partial charge in [-0.3, -0.25) is 0 Å². The Morgan fingerprint density at radius 2 is 1.61 bits per heavy atom. The van der Waals surface area contributed by atoms with Crippen molar-refractivity contribution in [3.8, 4) is 0 Å². The first-order valence-corrected chi connectivity index (χ1v) is 7.95. The number of rotatable bonds is 4. The Balaban J connectivity index is 1.69. The van der Waals surface area contributed by atoms with Gasteiger partial charge in [0.05, 0.1) is 0 Å². The molecule has 0 aromatic heterocycles. The van der Waals surface area contributed by atoms with Gasteiger partial charge in [-0.15, -0.1) is 0 Å². The van der Waals surface area contributed by atoms with Gasteiger partial charge in [0.1, 0.15) is 0 Å². The molecule has 1 unspecified atom stereocenters. The summed E-state index contributed by atoms with van der Waals surface area (Å²) in [7, 11) is 4.58. The highest BCUT2D eigenvalue weighted by Gasteiger charge is 2.31. The molecule has 2 aliphatic rings. The van der Waals surface area contributed by atoms with E-state index in [1.54, 1.807) is 0 Å². The lowest BCUT2D eigenvalue weighted by molar-refractivity contribution is 0.204. The first-order chi connectivity index (χ1) is 8.56. The molecule has 2 heteroatoms. The lowest BCUT2D eigenvalue weighted by Gasteiger charge is -2.29. The van der Waals surface area contributed by atoms with Crippen molar-refractivity contribution in [2.75, 3.05) is 33.7 Å². The molecule has 0 bridgehead atoms. The third-order valence-electron chi connectivity index (χ3n) is 5.28. The highest BCUT2D eigenvalue weighted by molar-refractivity contribution is 4.85. The summed E-state index contributed by atoms with van der Waals surface area (Å²) in [6.45, 7) is 8.74. The van der Waals surface area contributed by atoms with E-state index in [0.717, 1.165) is 23.8 Å². The largest absolute Gasteiger partial charge is 0.306 e. The van der Waals surface area contributed by atoms with Crippen LogP contribution in [0.25, 0.3) is 0 Å². The molecule has 106 valence electrons. The zero-order valence-electron chi connectivity index (χ0n) is 12.9. The topological polar surface area (TPSA) is 6.48 Å². The average Bonchev–Trinajstić information content (AvgIpc) is 2.70. The number of hydrogen-bond acceptors (Lipinski definition) is 2. The van der Waals surface area contributed by atoms with E-state index in [4.69, 9.17) is 0 Å². The molecule has 2 rings (SSSR count). The molecule has 18 heavy (non-hydrogen) atoms. The fourth-order valence-electron chi connectivity index (χ4n) is 3.95. The number of likely N-dealkylation sites (tertiary alicyclic amines) is 2. The van der Waals surface area contributed by atoms with Crippen molar-refractivity contribution >= 4 is 0 Å². The van der Waals surface area contributed by atoms with E-state index in [1.807, 2.05) is 0 Å². The third kappa shape index (κ3) is 3.71. The van der Waals surface area contributed by atoms with Crippen molar-refractivity contribution in [2.45, 2.75) is 52.0 Å². The standard InChI is InChI=1S/C16H32N2/c1-13(2)16-11-15(12-18(16)4)6-5-14-7-9-17(3)10-8-14/h13-16H,5-12H2,1-4H3/t15?,16-/m1/s1. The van der Waals surface area contributed by atoms with Gasteiger partial charge >= 0.3 is 0 Å². The molecule has 0 spiro atoms. The summed E-state index contributed by atoms with van der Waals surface area (Å²) in [6.07, 6.45) is 7.28. The first-order valence-electron chi connectivity index (χ1n) is 7.95. The Bertz CT molecular complexity index is 243.